The summed E-state index contributed by atoms with van der Waals surface area (Å²) in [7, 11) is 0. The molecule has 10 heteroatoms. The van der Waals surface area contributed by atoms with Gasteiger partial charge in [-0.2, -0.15) is 0 Å². The van der Waals surface area contributed by atoms with Gasteiger partial charge in [-0.15, -0.1) is 0 Å². The maximum Gasteiger partial charge on any atom is 0.343 e. The average molecular weight is 536 g/mol. The standard InChI is InChI=1S/C29H30FN3O6/c1-5-29(38)19-10-22-25-17(12-32(22)26(36)18(19)13-39-27(29)37)24-23-16(14(2)20(30)11-21(23)31-25)6-7-28(24,4)33(8-9-34)15(3)35/h10-11,34,38H,5-9,12-13H2,1-4H3/t28-,29-/m0/s1. The average Bonchev–Trinajstić information content (AvgIpc) is 3.27. The summed E-state index contributed by atoms with van der Waals surface area (Å²) in [6.07, 6.45) is 1.03. The molecule has 3 aromatic rings. The zero-order valence-corrected chi connectivity index (χ0v) is 22.4. The number of hydrogen-bond donors (Lipinski definition) is 2. The van der Waals surface area contributed by atoms with Crippen LogP contribution in [-0.2, 0) is 45.0 Å². The van der Waals surface area contributed by atoms with E-state index in [1.807, 2.05) is 6.92 Å². The van der Waals surface area contributed by atoms with E-state index >= 15 is 4.39 Å². The molecule has 0 bridgehead atoms. The normalized spacial score (nSPS) is 22.8. The second kappa shape index (κ2) is 8.43. The molecule has 0 saturated carbocycles. The van der Waals surface area contributed by atoms with Gasteiger partial charge >= 0.3 is 5.97 Å². The van der Waals surface area contributed by atoms with E-state index < -0.39 is 22.7 Å². The monoisotopic (exact) mass is 535 g/mol. The molecule has 4 heterocycles. The molecule has 0 saturated heterocycles. The lowest BCUT2D eigenvalue weighted by atomic mass is 9.73. The van der Waals surface area contributed by atoms with E-state index in [0.29, 0.717) is 35.3 Å². The van der Waals surface area contributed by atoms with Crippen molar-refractivity contribution in [1.82, 2.24) is 14.5 Å². The molecule has 0 fully saturated rings. The number of aromatic nitrogens is 2. The molecule has 39 heavy (non-hydrogen) atoms. The fraction of sp³-hybridized carbons (Fsp3) is 0.448. The predicted octanol–water partition coefficient (Wildman–Crippen LogP) is 2.53. The maximum absolute atomic E-state index is 15.1. The molecule has 204 valence electrons. The number of hydrogen-bond acceptors (Lipinski definition) is 7. The molecule has 6 rings (SSSR count). The van der Waals surface area contributed by atoms with Crippen LogP contribution in [0.25, 0.3) is 22.3 Å². The number of nitrogens with zero attached hydrogens (tertiary/aromatic N) is 3. The summed E-state index contributed by atoms with van der Waals surface area (Å²) < 4.78 is 21.8. The molecular weight excluding hydrogens is 505 g/mol. The molecular formula is C29H30FN3O6. The van der Waals surface area contributed by atoms with Crippen LogP contribution in [0.15, 0.2) is 16.9 Å². The number of cyclic esters (lactones) is 1. The van der Waals surface area contributed by atoms with Crippen molar-refractivity contribution in [2.24, 2.45) is 0 Å². The predicted molar refractivity (Wildman–Crippen MR) is 139 cm³/mol. The molecule has 3 aliphatic rings. The van der Waals surface area contributed by atoms with Crippen molar-refractivity contribution < 1.29 is 28.9 Å². The Morgan fingerprint density at radius 1 is 1.26 bits per heavy atom. The van der Waals surface area contributed by atoms with Crippen molar-refractivity contribution in [3.05, 3.63) is 61.7 Å². The number of ether oxygens (including phenoxy) is 1. The van der Waals surface area contributed by atoms with Gasteiger partial charge in [0.05, 0.1) is 41.2 Å². The van der Waals surface area contributed by atoms with Crippen LogP contribution in [0.3, 0.4) is 0 Å². The number of aryl methyl sites for hydroxylation is 1. The van der Waals surface area contributed by atoms with E-state index in [0.717, 1.165) is 22.1 Å². The smallest absolute Gasteiger partial charge is 0.343 e. The second-order valence-electron chi connectivity index (χ2n) is 10.9. The minimum atomic E-state index is -1.96. The van der Waals surface area contributed by atoms with Crippen LogP contribution in [0.5, 0.6) is 0 Å². The Kier molecular flexibility index (Phi) is 5.54. The number of carbonyl (C=O) groups excluding carboxylic acids is 2. The minimum Gasteiger partial charge on any atom is -0.458 e. The molecule has 2 aromatic heterocycles. The van der Waals surface area contributed by atoms with Crippen LogP contribution in [0, 0.1) is 12.7 Å². The molecule has 1 aromatic carbocycles. The maximum atomic E-state index is 15.1. The highest BCUT2D eigenvalue weighted by atomic mass is 19.1. The SMILES string of the molecule is CC[C@@]1(O)C(=O)OCc2c1cc1n(c2=O)Cc2c-1nc1cc(F)c(C)c3c1c2[C@@](C)(N(CCO)C(C)=O)CC3. The van der Waals surface area contributed by atoms with Crippen LogP contribution in [0.1, 0.15) is 67.0 Å². The summed E-state index contributed by atoms with van der Waals surface area (Å²) >= 11 is 0. The first-order valence-corrected chi connectivity index (χ1v) is 13.2. The van der Waals surface area contributed by atoms with Gasteiger partial charge in [-0.25, -0.2) is 14.2 Å². The number of aliphatic hydroxyl groups excluding tert-OH is 1. The van der Waals surface area contributed by atoms with Crippen molar-refractivity contribution >= 4 is 22.8 Å². The van der Waals surface area contributed by atoms with Crippen LogP contribution in [-0.4, -0.2) is 49.7 Å². The Morgan fingerprint density at radius 2 is 2.00 bits per heavy atom. The fourth-order valence-corrected chi connectivity index (χ4v) is 6.91. The van der Waals surface area contributed by atoms with Crippen LogP contribution < -0.4 is 5.56 Å². The molecule has 0 spiro atoms. The van der Waals surface area contributed by atoms with Crippen molar-refractivity contribution in [3.63, 3.8) is 0 Å². The van der Waals surface area contributed by atoms with Gasteiger partial charge in [0.25, 0.3) is 5.56 Å². The second-order valence-corrected chi connectivity index (χ2v) is 10.9. The van der Waals surface area contributed by atoms with Crippen molar-refractivity contribution in [3.8, 4) is 11.4 Å². The van der Waals surface area contributed by atoms with Gasteiger partial charge in [0.15, 0.2) is 5.60 Å². The molecule has 2 N–H and O–H groups in total. The summed E-state index contributed by atoms with van der Waals surface area (Å²) in [5.74, 6) is -1.40. The molecule has 2 atom stereocenters. The van der Waals surface area contributed by atoms with E-state index in [4.69, 9.17) is 9.72 Å². The Bertz CT molecular complexity index is 1680. The molecule has 0 unspecified atom stereocenters. The van der Waals surface area contributed by atoms with Crippen LogP contribution in [0.2, 0.25) is 0 Å². The quantitative estimate of drug-likeness (QED) is 0.385. The van der Waals surface area contributed by atoms with E-state index in [9.17, 15) is 24.6 Å². The molecule has 9 nitrogen and oxygen atoms in total. The first-order valence-electron chi connectivity index (χ1n) is 13.2. The number of halogens is 1. The van der Waals surface area contributed by atoms with E-state index in [2.05, 4.69) is 0 Å². The summed E-state index contributed by atoms with van der Waals surface area (Å²) in [5.41, 5.74) is 1.33. The number of amides is 1. The van der Waals surface area contributed by atoms with E-state index in [1.165, 1.54) is 13.0 Å². The highest BCUT2D eigenvalue weighted by molar-refractivity contribution is 5.94. The molecule has 1 amide bonds. The Balaban J connectivity index is 1.71. The van der Waals surface area contributed by atoms with Crippen molar-refractivity contribution in [1.29, 1.82) is 0 Å². The summed E-state index contributed by atoms with van der Waals surface area (Å²) in [6, 6.07) is 3.01. The Morgan fingerprint density at radius 3 is 2.67 bits per heavy atom. The van der Waals surface area contributed by atoms with Gasteiger partial charge in [-0.05, 0) is 55.9 Å². The number of carbonyl (C=O) groups is 2. The summed E-state index contributed by atoms with van der Waals surface area (Å²) in [5, 5.41) is 21.8. The minimum absolute atomic E-state index is 0.0195. The Hall–Kier alpha value is -3.63. The fourth-order valence-electron chi connectivity index (χ4n) is 6.91. The number of rotatable bonds is 4. The van der Waals surface area contributed by atoms with E-state index in [1.54, 1.807) is 29.4 Å². The number of benzene rings is 1. The largest absolute Gasteiger partial charge is 0.458 e. The molecule has 1 aliphatic carbocycles. The zero-order chi connectivity index (χ0) is 28.0. The lowest BCUT2D eigenvalue weighted by molar-refractivity contribution is -0.172. The van der Waals surface area contributed by atoms with E-state index in [-0.39, 0.29) is 55.6 Å². The van der Waals surface area contributed by atoms with Gasteiger partial charge < -0.3 is 24.4 Å². The first-order chi connectivity index (χ1) is 18.5. The lowest BCUT2D eigenvalue weighted by Crippen LogP contribution is -2.50. The summed E-state index contributed by atoms with van der Waals surface area (Å²) in [6.45, 7) is 6.58. The highest BCUT2D eigenvalue weighted by Crippen LogP contribution is 2.50. The number of esters is 1. The van der Waals surface area contributed by atoms with Gasteiger partial charge in [-0.1, -0.05) is 6.92 Å². The third-order valence-corrected chi connectivity index (χ3v) is 9.00. The third-order valence-electron chi connectivity index (χ3n) is 9.00. The highest BCUT2D eigenvalue weighted by Gasteiger charge is 2.47. The zero-order valence-electron chi connectivity index (χ0n) is 22.4. The topological polar surface area (TPSA) is 122 Å². The van der Waals surface area contributed by atoms with Crippen LogP contribution >= 0.6 is 0 Å². The van der Waals surface area contributed by atoms with Gasteiger partial charge in [0, 0.05) is 36.0 Å². The lowest BCUT2D eigenvalue weighted by Gasteiger charge is -2.45. The van der Waals surface area contributed by atoms with Crippen LogP contribution in [0.4, 0.5) is 4.39 Å². The molecule has 0 radical (unpaired) electrons. The third kappa shape index (κ3) is 3.24. The Labute approximate surface area is 223 Å². The first kappa shape index (κ1) is 25.6. The van der Waals surface area contributed by atoms with Crippen molar-refractivity contribution in [2.45, 2.75) is 71.2 Å². The van der Waals surface area contributed by atoms with Gasteiger partial charge in [0.1, 0.15) is 12.4 Å². The summed E-state index contributed by atoms with van der Waals surface area (Å²) in [4.78, 5) is 45.7. The van der Waals surface area contributed by atoms with Crippen molar-refractivity contribution in [2.75, 3.05) is 13.2 Å². The molecule has 2 aliphatic heterocycles. The van der Waals surface area contributed by atoms with Gasteiger partial charge in [0.2, 0.25) is 5.91 Å². The number of pyridine rings is 2. The number of aliphatic hydroxyl groups is 2. The number of fused-ring (bicyclic) bond motifs is 5. The van der Waals surface area contributed by atoms with Gasteiger partial charge in [-0.3, -0.25) is 9.59 Å².